The molecule has 5 nitrogen and oxygen atoms in total. The van der Waals surface area contributed by atoms with Crippen LogP contribution < -0.4 is 5.32 Å². The quantitative estimate of drug-likeness (QED) is 0.669. The molecule has 1 amide bonds. The lowest BCUT2D eigenvalue weighted by Gasteiger charge is -2.08. The lowest BCUT2D eigenvalue weighted by molar-refractivity contribution is -0.385. The topological polar surface area (TPSA) is 72.2 Å². The average Bonchev–Trinajstić information content (AvgIpc) is 2.42. The first-order valence-corrected chi connectivity index (χ1v) is 6.38. The zero-order valence-electron chi connectivity index (χ0n) is 10.3. The van der Waals surface area contributed by atoms with Gasteiger partial charge in [-0.1, -0.05) is 0 Å². The number of nitrogens with zero attached hydrogens (tertiary/aromatic N) is 1. The van der Waals surface area contributed by atoms with Crippen molar-refractivity contribution in [2.45, 2.75) is 0 Å². The minimum atomic E-state index is -0.862. The van der Waals surface area contributed by atoms with E-state index < -0.39 is 28.2 Å². The summed E-state index contributed by atoms with van der Waals surface area (Å²) in [4.78, 5) is 22.0. The molecule has 0 aliphatic rings. The molecule has 2 aromatic rings. The summed E-state index contributed by atoms with van der Waals surface area (Å²) in [6, 6.07) is 6.19. The molecular weight excluding hydrogens is 350 g/mol. The fourth-order valence-corrected chi connectivity index (χ4v) is 1.98. The maximum Gasteiger partial charge on any atom is 0.285 e. The van der Waals surface area contributed by atoms with Crippen molar-refractivity contribution in [3.8, 4) is 0 Å². The molecule has 0 atom stereocenters. The van der Waals surface area contributed by atoms with Crippen LogP contribution in [-0.4, -0.2) is 10.8 Å². The van der Waals surface area contributed by atoms with E-state index in [4.69, 9.17) is 0 Å². The van der Waals surface area contributed by atoms with Crippen molar-refractivity contribution in [1.82, 2.24) is 0 Å². The first kappa shape index (κ1) is 15.0. The first-order valence-electron chi connectivity index (χ1n) is 5.59. The number of amides is 1. The van der Waals surface area contributed by atoms with Gasteiger partial charge in [0.05, 0.1) is 16.7 Å². The molecule has 0 unspecified atom stereocenters. The van der Waals surface area contributed by atoms with E-state index in [-0.39, 0.29) is 11.3 Å². The highest BCUT2D eigenvalue weighted by molar-refractivity contribution is 9.10. The zero-order valence-corrected chi connectivity index (χ0v) is 11.9. The second-order valence-electron chi connectivity index (χ2n) is 4.00. The highest BCUT2D eigenvalue weighted by Crippen LogP contribution is 2.26. The van der Waals surface area contributed by atoms with E-state index >= 15 is 0 Å². The summed E-state index contributed by atoms with van der Waals surface area (Å²) >= 11 is 3.12. The van der Waals surface area contributed by atoms with E-state index in [0.717, 1.165) is 18.2 Å². The Balaban J connectivity index is 2.37. The number of nitro groups is 1. The van der Waals surface area contributed by atoms with Crippen LogP contribution in [0.5, 0.6) is 0 Å². The predicted molar refractivity (Wildman–Crippen MR) is 75.1 cm³/mol. The fourth-order valence-electron chi connectivity index (χ4n) is 1.63. The Labute approximate surface area is 125 Å². The number of benzene rings is 2. The lowest BCUT2D eigenvalue weighted by atomic mass is 10.1. The summed E-state index contributed by atoms with van der Waals surface area (Å²) in [5.41, 5.74) is -0.879. The minimum absolute atomic E-state index is 0.110. The van der Waals surface area contributed by atoms with Crippen LogP contribution in [0.3, 0.4) is 0 Å². The Hall–Kier alpha value is -2.35. The van der Waals surface area contributed by atoms with E-state index in [1.807, 2.05) is 0 Å². The van der Waals surface area contributed by atoms with Crippen molar-refractivity contribution in [1.29, 1.82) is 0 Å². The van der Waals surface area contributed by atoms with E-state index in [1.54, 1.807) is 0 Å². The third-order valence-electron chi connectivity index (χ3n) is 2.58. The van der Waals surface area contributed by atoms with Gasteiger partial charge in [0.25, 0.3) is 11.6 Å². The fraction of sp³-hybridized carbons (Fsp3) is 0. The SMILES string of the molecule is O=C(Nc1cc(F)ccc1Br)c1ccc(F)cc1[N+](=O)[O-]. The van der Waals surface area contributed by atoms with Gasteiger partial charge >= 0.3 is 0 Å². The van der Waals surface area contributed by atoms with Gasteiger partial charge in [0.1, 0.15) is 17.2 Å². The van der Waals surface area contributed by atoms with Gasteiger partial charge in [-0.3, -0.25) is 14.9 Å². The maximum absolute atomic E-state index is 13.1. The number of nitro benzene ring substituents is 1. The van der Waals surface area contributed by atoms with E-state index in [0.29, 0.717) is 10.5 Å². The number of hydrogen-bond acceptors (Lipinski definition) is 3. The van der Waals surface area contributed by atoms with E-state index in [1.165, 1.54) is 12.1 Å². The van der Waals surface area contributed by atoms with Crippen molar-refractivity contribution in [2.24, 2.45) is 0 Å². The Bertz CT molecular complexity index is 737. The second-order valence-corrected chi connectivity index (χ2v) is 4.85. The van der Waals surface area contributed by atoms with Gasteiger partial charge in [0, 0.05) is 4.47 Å². The molecule has 2 rings (SSSR count). The molecule has 0 aliphatic carbocycles. The lowest BCUT2D eigenvalue weighted by Crippen LogP contribution is -2.14. The summed E-state index contributed by atoms with van der Waals surface area (Å²) in [5, 5.41) is 13.2. The van der Waals surface area contributed by atoms with Crippen LogP contribution in [0.25, 0.3) is 0 Å². The van der Waals surface area contributed by atoms with Crippen LogP contribution in [0.4, 0.5) is 20.2 Å². The summed E-state index contributed by atoms with van der Waals surface area (Å²) in [6.07, 6.45) is 0. The average molecular weight is 357 g/mol. The molecule has 0 aromatic heterocycles. The maximum atomic E-state index is 13.1. The predicted octanol–water partition coefficient (Wildman–Crippen LogP) is 3.89. The van der Waals surface area contributed by atoms with Crippen LogP contribution in [0, 0.1) is 21.7 Å². The number of nitrogens with one attached hydrogen (secondary N) is 1. The Kier molecular flexibility index (Phi) is 4.27. The largest absolute Gasteiger partial charge is 0.321 e. The minimum Gasteiger partial charge on any atom is -0.321 e. The van der Waals surface area contributed by atoms with Crippen molar-refractivity contribution in [3.05, 3.63) is 68.2 Å². The Morgan fingerprint density at radius 1 is 1.14 bits per heavy atom. The van der Waals surface area contributed by atoms with Gasteiger partial charge in [-0.05, 0) is 46.3 Å². The summed E-state index contributed by atoms with van der Waals surface area (Å²) < 4.78 is 26.6. The van der Waals surface area contributed by atoms with Gasteiger partial charge in [0.15, 0.2) is 0 Å². The van der Waals surface area contributed by atoms with Crippen LogP contribution >= 0.6 is 15.9 Å². The normalized spacial score (nSPS) is 10.2. The van der Waals surface area contributed by atoms with Crippen molar-refractivity contribution < 1.29 is 18.5 Å². The van der Waals surface area contributed by atoms with Gasteiger partial charge in [-0.15, -0.1) is 0 Å². The Morgan fingerprint density at radius 3 is 2.43 bits per heavy atom. The molecule has 0 saturated carbocycles. The molecule has 0 radical (unpaired) electrons. The summed E-state index contributed by atoms with van der Waals surface area (Å²) in [5.74, 6) is -2.25. The summed E-state index contributed by atoms with van der Waals surface area (Å²) in [6.45, 7) is 0. The molecule has 0 heterocycles. The second kappa shape index (κ2) is 5.96. The zero-order chi connectivity index (χ0) is 15.6. The first-order chi connectivity index (χ1) is 9.88. The number of carbonyl (C=O) groups is 1. The van der Waals surface area contributed by atoms with Gasteiger partial charge in [-0.2, -0.15) is 0 Å². The van der Waals surface area contributed by atoms with Crippen LogP contribution in [0.2, 0.25) is 0 Å². The van der Waals surface area contributed by atoms with Gasteiger partial charge in [-0.25, -0.2) is 8.78 Å². The molecule has 108 valence electrons. The van der Waals surface area contributed by atoms with Crippen LogP contribution in [-0.2, 0) is 0 Å². The molecule has 0 saturated heterocycles. The number of carbonyl (C=O) groups excluding carboxylic acids is 1. The van der Waals surface area contributed by atoms with Crippen molar-refractivity contribution in [3.63, 3.8) is 0 Å². The number of halogens is 3. The number of anilines is 1. The molecule has 0 aliphatic heterocycles. The van der Waals surface area contributed by atoms with Crippen molar-refractivity contribution in [2.75, 3.05) is 5.32 Å². The number of rotatable bonds is 3. The number of hydrogen-bond donors (Lipinski definition) is 1. The highest BCUT2D eigenvalue weighted by Gasteiger charge is 2.21. The van der Waals surface area contributed by atoms with Crippen molar-refractivity contribution >= 4 is 33.2 Å². The van der Waals surface area contributed by atoms with Crippen LogP contribution in [0.15, 0.2) is 40.9 Å². The molecule has 0 bridgehead atoms. The molecule has 0 spiro atoms. The molecular formula is C13H7BrF2N2O3. The third kappa shape index (κ3) is 3.40. The monoisotopic (exact) mass is 356 g/mol. The van der Waals surface area contributed by atoms with Gasteiger partial charge < -0.3 is 5.32 Å². The summed E-state index contributed by atoms with van der Waals surface area (Å²) in [7, 11) is 0. The van der Waals surface area contributed by atoms with Gasteiger partial charge in [0.2, 0.25) is 0 Å². The van der Waals surface area contributed by atoms with E-state index in [9.17, 15) is 23.7 Å². The third-order valence-corrected chi connectivity index (χ3v) is 3.27. The highest BCUT2D eigenvalue weighted by atomic mass is 79.9. The molecule has 2 aromatic carbocycles. The van der Waals surface area contributed by atoms with E-state index in [2.05, 4.69) is 21.2 Å². The smallest absolute Gasteiger partial charge is 0.285 e. The molecule has 21 heavy (non-hydrogen) atoms. The standard InChI is InChI=1S/C13H7BrF2N2O3/c14-10-4-2-7(15)5-11(10)17-13(19)9-3-1-8(16)6-12(9)18(20)21/h1-6H,(H,17,19). The Morgan fingerprint density at radius 2 is 1.76 bits per heavy atom. The molecule has 8 heteroatoms. The molecule has 1 N–H and O–H groups in total. The van der Waals surface area contributed by atoms with Crippen LogP contribution in [0.1, 0.15) is 10.4 Å². The molecule has 0 fully saturated rings.